The van der Waals surface area contributed by atoms with Crippen LogP contribution in [0.25, 0.3) is 0 Å². The zero-order valence-corrected chi connectivity index (χ0v) is 9.84. The summed E-state index contributed by atoms with van der Waals surface area (Å²) in [4.78, 5) is 13.1. The molecule has 0 spiro atoms. The molecule has 4 heteroatoms. The van der Waals surface area contributed by atoms with Crippen LogP contribution in [-0.2, 0) is 4.79 Å². The Balaban J connectivity index is 0.00000112. The van der Waals surface area contributed by atoms with Crippen LogP contribution in [0.5, 0.6) is 0 Å². The highest BCUT2D eigenvalue weighted by Crippen LogP contribution is 2.28. The molecule has 1 heterocycles. The molecule has 0 unspecified atom stereocenters. The molecule has 0 aromatic heterocycles. The van der Waals surface area contributed by atoms with Gasteiger partial charge in [0.05, 0.1) is 0 Å². The fourth-order valence-corrected chi connectivity index (χ4v) is 2.85. The number of hydrogen-bond donors (Lipinski definition) is 1. The molecule has 1 saturated carbocycles. The van der Waals surface area contributed by atoms with Crippen molar-refractivity contribution in [2.75, 3.05) is 13.1 Å². The molecule has 2 aliphatic rings. The smallest absolute Gasteiger partial charge is 0.320 e. The quantitative estimate of drug-likeness (QED) is 0.812. The minimum atomic E-state index is -0.625. The third-order valence-electron chi connectivity index (χ3n) is 3.62. The molecule has 3 nitrogen and oxygen atoms in total. The van der Waals surface area contributed by atoms with E-state index in [9.17, 15) is 4.79 Å². The lowest BCUT2D eigenvalue weighted by Crippen LogP contribution is -2.38. The Hall–Kier alpha value is -0.280. The van der Waals surface area contributed by atoms with Crippen molar-refractivity contribution in [3.8, 4) is 0 Å². The van der Waals surface area contributed by atoms with Gasteiger partial charge in [-0.15, -0.1) is 12.4 Å². The Kier molecular flexibility index (Phi) is 4.87. The molecule has 15 heavy (non-hydrogen) atoms. The molecule has 0 bridgehead atoms. The number of hydrogen-bond acceptors (Lipinski definition) is 2. The molecular formula is C11H20ClNO2. The largest absolute Gasteiger partial charge is 0.480 e. The Labute approximate surface area is 97.2 Å². The second-order valence-corrected chi connectivity index (χ2v) is 4.64. The third-order valence-corrected chi connectivity index (χ3v) is 3.62. The van der Waals surface area contributed by atoms with E-state index in [1.165, 1.54) is 25.7 Å². The van der Waals surface area contributed by atoms with Crippen LogP contribution in [0.1, 0.15) is 38.5 Å². The molecule has 88 valence electrons. The van der Waals surface area contributed by atoms with Crippen LogP contribution in [-0.4, -0.2) is 35.1 Å². The summed E-state index contributed by atoms with van der Waals surface area (Å²) >= 11 is 0. The van der Waals surface area contributed by atoms with Crippen molar-refractivity contribution in [2.45, 2.75) is 44.6 Å². The van der Waals surface area contributed by atoms with Gasteiger partial charge in [-0.3, -0.25) is 9.69 Å². The van der Waals surface area contributed by atoms with E-state index in [1.807, 2.05) is 0 Å². The third kappa shape index (κ3) is 3.08. The van der Waals surface area contributed by atoms with Crippen LogP contribution >= 0.6 is 12.4 Å². The van der Waals surface area contributed by atoms with E-state index in [2.05, 4.69) is 4.90 Å². The van der Waals surface area contributed by atoms with E-state index in [-0.39, 0.29) is 18.4 Å². The van der Waals surface area contributed by atoms with Crippen LogP contribution in [0, 0.1) is 5.92 Å². The van der Waals surface area contributed by atoms with Gasteiger partial charge in [-0.05, 0) is 38.1 Å². The lowest BCUT2D eigenvalue weighted by atomic mass is 10.1. The van der Waals surface area contributed by atoms with E-state index in [1.54, 1.807) is 0 Å². The van der Waals surface area contributed by atoms with Gasteiger partial charge >= 0.3 is 5.97 Å². The van der Waals surface area contributed by atoms with Gasteiger partial charge in [0.2, 0.25) is 0 Å². The molecule has 1 aliphatic carbocycles. The Morgan fingerprint density at radius 2 is 1.87 bits per heavy atom. The summed E-state index contributed by atoms with van der Waals surface area (Å²) in [6.07, 6.45) is 7.21. The highest BCUT2D eigenvalue weighted by atomic mass is 35.5. The second-order valence-electron chi connectivity index (χ2n) is 4.64. The molecule has 0 aromatic rings. The molecule has 0 aromatic carbocycles. The molecule has 2 fully saturated rings. The number of halogens is 1. The van der Waals surface area contributed by atoms with Crippen molar-refractivity contribution < 1.29 is 9.90 Å². The summed E-state index contributed by atoms with van der Waals surface area (Å²) in [5.74, 6) is 0.149. The predicted molar refractivity (Wildman–Crippen MR) is 61.4 cm³/mol. The van der Waals surface area contributed by atoms with Crippen LogP contribution in [0.2, 0.25) is 0 Å². The lowest BCUT2D eigenvalue weighted by Gasteiger charge is -2.24. The number of nitrogens with zero attached hydrogens (tertiary/aromatic N) is 1. The normalized spacial score (nSPS) is 27.9. The first-order valence-corrected chi connectivity index (χ1v) is 5.74. The fraction of sp³-hybridized carbons (Fsp3) is 0.909. The van der Waals surface area contributed by atoms with Crippen molar-refractivity contribution in [3.63, 3.8) is 0 Å². The van der Waals surface area contributed by atoms with Crippen LogP contribution in [0.15, 0.2) is 0 Å². The van der Waals surface area contributed by atoms with Crippen molar-refractivity contribution in [2.24, 2.45) is 5.92 Å². The maximum Gasteiger partial charge on any atom is 0.320 e. The molecule has 0 amide bonds. The summed E-state index contributed by atoms with van der Waals surface area (Å²) in [6, 6.07) is -0.185. The average molecular weight is 234 g/mol. The van der Waals surface area contributed by atoms with Gasteiger partial charge < -0.3 is 5.11 Å². The Morgan fingerprint density at radius 1 is 1.20 bits per heavy atom. The molecule has 0 radical (unpaired) electrons. The number of rotatable bonds is 3. The summed E-state index contributed by atoms with van der Waals surface area (Å²) in [6.45, 7) is 2.02. The van der Waals surface area contributed by atoms with Crippen molar-refractivity contribution in [3.05, 3.63) is 0 Å². The molecule has 2 rings (SSSR count). The van der Waals surface area contributed by atoms with Gasteiger partial charge in [0.1, 0.15) is 6.04 Å². The fourth-order valence-electron chi connectivity index (χ4n) is 2.85. The number of aliphatic carboxylic acids is 1. The van der Waals surface area contributed by atoms with E-state index in [0.29, 0.717) is 0 Å². The first kappa shape index (κ1) is 12.8. The summed E-state index contributed by atoms with van der Waals surface area (Å²) in [5.41, 5.74) is 0. The van der Waals surface area contributed by atoms with E-state index in [4.69, 9.17) is 5.11 Å². The Bertz CT molecular complexity index is 217. The number of carboxylic acids is 1. The van der Waals surface area contributed by atoms with Crippen molar-refractivity contribution >= 4 is 18.4 Å². The first-order valence-electron chi connectivity index (χ1n) is 5.74. The molecular weight excluding hydrogens is 214 g/mol. The summed E-state index contributed by atoms with van der Waals surface area (Å²) < 4.78 is 0. The highest BCUT2D eigenvalue weighted by molar-refractivity contribution is 5.85. The molecule has 1 atom stereocenters. The maximum absolute atomic E-state index is 10.9. The van der Waals surface area contributed by atoms with Gasteiger partial charge in [0.15, 0.2) is 0 Å². The van der Waals surface area contributed by atoms with Crippen LogP contribution < -0.4 is 0 Å². The summed E-state index contributed by atoms with van der Waals surface area (Å²) in [7, 11) is 0. The topological polar surface area (TPSA) is 40.5 Å². The monoisotopic (exact) mass is 233 g/mol. The average Bonchev–Trinajstić information content (AvgIpc) is 2.75. The maximum atomic E-state index is 10.9. The number of carboxylic acid groups (broad SMARTS) is 1. The standard InChI is InChI=1S/C11H19NO2.ClH/c13-11(14)10-6-3-7-12(10)8-9-4-1-2-5-9;/h9-10H,1-8H2,(H,13,14);1H/t10-;/m1./s1. The zero-order valence-electron chi connectivity index (χ0n) is 9.02. The highest BCUT2D eigenvalue weighted by Gasteiger charge is 2.32. The predicted octanol–water partition coefficient (Wildman–Crippen LogP) is 2.15. The SMILES string of the molecule is Cl.O=C(O)[C@H]1CCCN1CC1CCCC1. The van der Waals surface area contributed by atoms with E-state index >= 15 is 0 Å². The van der Waals surface area contributed by atoms with Gasteiger partial charge in [-0.1, -0.05) is 12.8 Å². The minimum Gasteiger partial charge on any atom is -0.480 e. The lowest BCUT2D eigenvalue weighted by molar-refractivity contribution is -0.142. The van der Waals surface area contributed by atoms with Gasteiger partial charge in [-0.2, -0.15) is 0 Å². The zero-order chi connectivity index (χ0) is 9.97. The molecule has 1 N–H and O–H groups in total. The van der Waals surface area contributed by atoms with Gasteiger partial charge in [0.25, 0.3) is 0 Å². The van der Waals surface area contributed by atoms with Crippen LogP contribution in [0.4, 0.5) is 0 Å². The molecule has 1 saturated heterocycles. The number of likely N-dealkylation sites (tertiary alicyclic amines) is 1. The summed E-state index contributed by atoms with van der Waals surface area (Å²) in [5, 5.41) is 9.02. The van der Waals surface area contributed by atoms with Gasteiger partial charge in [0, 0.05) is 6.54 Å². The number of carbonyl (C=O) groups is 1. The Morgan fingerprint density at radius 3 is 2.47 bits per heavy atom. The first-order chi connectivity index (χ1) is 6.77. The van der Waals surface area contributed by atoms with Crippen molar-refractivity contribution in [1.29, 1.82) is 0 Å². The minimum absolute atomic E-state index is 0. The van der Waals surface area contributed by atoms with Gasteiger partial charge in [-0.25, -0.2) is 0 Å². The molecule has 1 aliphatic heterocycles. The van der Waals surface area contributed by atoms with Crippen LogP contribution in [0.3, 0.4) is 0 Å². The second kappa shape index (κ2) is 5.71. The van der Waals surface area contributed by atoms with Crippen molar-refractivity contribution in [1.82, 2.24) is 4.90 Å². The van der Waals surface area contributed by atoms with E-state index < -0.39 is 5.97 Å². The van der Waals surface area contributed by atoms with E-state index in [0.717, 1.165) is 31.8 Å².